The average Bonchev–Trinajstić information content (AvgIpc) is 3.65. The van der Waals surface area contributed by atoms with Gasteiger partial charge < -0.3 is 0 Å². The number of fused-ring (bicyclic) bond motifs is 6. The molecule has 7 rings (SSSR count). The Balaban J connectivity index is 1.49. The topological polar surface area (TPSA) is 0 Å². The second kappa shape index (κ2) is 17.5. The number of unbranched alkanes of at least 4 members (excludes halogenated alkanes) is 10. The summed E-state index contributed by atoms with van der Waals surface area (Å²) in [6.45, 7) is 22.8. The molecular formula is C58H71B. The van der Waals surface area contributed by atoms with Gasteiger partial charge in [0.05, 0.1) is 5.41 Å². The van der Waals surface area contributed by atoms with Gasteiger partial charge in [-0.3, -0.25) is 0 Å². The van der Waals surface area contributed by atoms with Gasteiger partial charge in [0.25, 0.3) is 0 Å². The largest absolute Gasteiger partial charge is 0.113 e. The van der Waals surface area contributed by atoms with Gasteiger partial charge in [-0.1, -0.05) is 235 Å². The van der Waals surface area contributed by atoms with Crippen LogP contribution in [0.25, 0.3) is 28.3 Å². The van der Waals surface area contributed by atoms with Crippen LogP contribution >= 0.6 is 0 Å². The molecule has 0 fully saturated rings. The zero-order valence-corrected chi connectivity index (χ0v) is 38.0. The number of rotatable bonds is 17. The highest BCUT2D eigenvalue weighted by Gasteiger charge is 2.50. The van der Waals surface area contributed by atoms with Crippen molar-refractivity contribution in [2.75, 3.05) is 0 Å². The molecule has 0 spiro atoms. The van der Waals surface area contributed by atoms with Gasteiger partial charge in [-0.2, -0.15) is 0 Å². The molecule has 306 valence electrons. The Labute approximate surface area is 360 Å². The van der Waals surface area contributed by atoms with E-state index in [9.17, 15) is 0 Å². The Kier molecular flexibility index (Phi) is 12.7. The molecule has 5 aromatic rings. The van der Waals surface area contributed by atoms with Gasteiger partial charge in [0, 0.05) is 5.41 Å². The summed E-state index contributed by atoms with van der Waals surface area (Å²) in [5.41, 5.74) is 18.1. The molecule has 0 atom stereocenters. The van der Waals surface area contributed by atoms with E-state index in [1.807, 2.05) is 0 Å². The van der Waals surface area contributed by atoms with Gasteiger partial charge in [0.1, 0.15) is 7.85 Å². The molecule has 0 amide bonds. The fraction of sp³-hybridized carbons (Fsp3) is 0.448. The highest BCUT2D eigenvalue weighted by Crippen LogP contribution is 2.62. The first kappa shape index (κ1) is 43.0. The second-order valence-electron chi connectivity index (χ2n) is 20.3. The van der Waals surface area contributed by atoms with Crippen molar-refractivity contribution in [2.45, 2.75) is 167 Å². The van der Waals surface area contributed by atoms with Crippen LogP contribution in [0, 0.1) is 0 Å². The Hall–Kier alpha value is -4.10. The smallest absolute Gasteiger partial charge is 0.0985 e. The van der Waals surface area contributed by atoms with Crippen LogP contribution in [0.2, 0.25) is 0 Å². The quantitative estimate of drug-likeness (QED) is 0.0639. The van der Waals surface area contributed by atoms with E-state index in [2.05, 4.69) is 165 Å². The molecule has 2 radical (unpaired) electrons. The number of hydrogen-bond donors (Lipinski definition) is 0. The highest BCUT2D eigenvalue weighted by molar-refractivity contribution is 6.32. The minimum absolute atomic E-state index is 0.0316. The number of benzene rings is 5. The highest BCUT2D eigenvalue weighted by atomic mass is 14.5. The van der Waals surface area contributed by atoms with Crippen LogP contribution in [0.1, 0.15) is 195 Å². The maximum atomic E-state index is 6.82. The zero-order chi connectivity index (χ0) is 42.0. The van der Waals surface area contributed by atoms with E-state index in [-0.39, 0.29) is 16.2 Å². The Bertz CT molecular complexity index is 2160. The summed E-state index contributed by atoms with van der Waals surface area (Å²) in [4.78, 5) is 0. The second-order valence-corrected chi connectivity index (χ2v) is 20.3. The molecule has 0 unspecified atom stereocenters. The molecule has 1 heteroatoms. The van der Waals surface area contributed by atoms with Gasteiger partial charge in [-0.25, -0.2) is 0 Å². The maximum Gasteiger partial charge on any atom is 0.113 e. The number of hydrogen-bond acceptors (Lipinski definition) is 0. The fourth-order valence-electron chi connectivity index (χ4n) is 10.8. The van der Waals surface area contributed by atoms with Crippen molar-refractivity contribution in [1.29, 1.82) is 0 Å². The molecule has 0 aromatic heterocycles. The molecule has 0 nitrogen and oxygen atoms in total. The predicted octanol–water partition coefficient (Wildman–Crippen LogP) is 15.8. The van der Waals surface area contributed by atoms with Crippen LogP contribution in [0.15, 0.2) is 104 Å². The van der Waals surface area contributed by atoms with Crippen molar-refractivity contribution in [1.82, 2.24) is 0 Å². The maximum absolute atomic E-state index is 6.82. The van der Waals surface area contributed by atoms with Crippen molar-refractivity contribution in [3.63, 3.8) is 0 Å². The third-order valence-electron chi connectivity index (χ3n) is 14.2. The molecule has 0 saturated carbocycles. The summed E-state index contributed by atoms with van der Waals surface area (Å²) < 4.78 is 0. The fourth-order valence-corrected chi connectivity index (χ4v) is 10.8. The van der Waals surface area contributed by atoms with Crippen LogP contribution in [0.3, 0.4) is 0 Å². The van der Waals surface area contributed by atoms with Crippen molar-refractivity contribution in [3.8, 4) is 22.3 Å². The summed E-state index contributed by atoms with van der Waals surface area (Å²) in [6, 6.07) is 38.5. The van der Waals surface area contributed by atoms with Crippen LogP contribution < -0.4 is 5.46 Å². The predicted molar refractivity (Wildman–Crippen MR) is 259 cm³/mol. The Morgan fingerprint density at radius 2 is 0.898 bits per heavy atom. The first-order valence-electron chi connectivity index (χ1n) is 23.4. The summed E-state index contributed by atoms with van der Waals surface area (Å²) in [5, 5.41) is 0. The zero-order valence-electron chi connectivity index (χ0n) is 38.0. The molecule has 59 heavy (non-hydrogen) atoms. The molecule has 0 saturated heterocycles. The van der Waals surface area contributed by atoms with Crippen molar-refractivity contribution < 1.29 is 0 Å². The van der Waals surface area contributed by atoms with Gasteiger partial charge in [-0.15, -0.1) is 0 Å². The monoisotopic (exact) mass is 779 g/mol. The lowest BCUT2D eigenvalue weighted by Gasteiger charge is -2.36. The van der Waals surface area contributed by atoms with Crippen LogP contribution in [-0.4, -0.2) is 7.85 Å². The molecule has 2 aliphatic rings. The normalized spacial score (nSPS) is 14.8. The molecule has 0 heterocycles. The van der Waals surface area contributed by atoms with Crippen molar-refractivity contribution >= 4 is 19.4 Å². The first-order valence-corrected chi connectivity index (χ1v) is 23.4. The van der Waals surface area contributed by atoms with E-state index in [0.29, 0.717) is 0 Å². The van der Waals surface area contributed by atoms with Crippen LogP contribution in [0.5, 0.6) is 0 Å². The van der Waals surface area contributed by atoms with Gasteiger partial charge >= 0.3 is 0 Å². The van der Waals surface area contributed by atoms with Crippen LogP contribution in [0.4, 0.5) is 0 Å². The van der Waals surface area contributed by atoms with E-state index in [1.165, 1.54) is 157 Å². The standard InChI is InChI=1S/C58H71B/c1-10-13-15-17-19-21-35-57(36-22-20-18-16-14-11-2)51-37-41(12-3)23-33-47(51)49-40-54-50(39-52(49)57)48-34-32-46(59)38-53(48)58(54,44-28-24-42(25-29-44)55(4,5)6)45-30-26-43(27-31-45)56(7,8)9/h12,23-34,37-40H,3,10-11,13-22,35-36H2,1-2,4-9H3. The third-order valence-corrected chi connectivity index (χ3v) is 14.2. The Morgan fingerprint density at radius 3 is 1.41 bits per heavy atom. The van der Waals surface area contributed by atoms with E-state index in [0.717, 1.165) is 5.46 Å². The average molecular weight is 779 g/mol. The van der Waals surface area contributed by atoms with Gasteiger partial charge in [0.15, 0.2) is 0 Å². The molecule has 0 N–H and O–H groups in total. The molecule has 2 aliphatic carbocycles. The summed E-state index contributed by atoms with van der Waals surface area (Å²) in [7, 11) is 6.82. The van der Waals surface area contributed by atoms with E-state index in [1.54, 1.807) is 5.56 Å². The van der Waals surface area contributed by atoms with Gasteiger partial charge in [0.2, 0.25) is 0 Å². The Morgan fingerprint density at radius 1 is 0.475 bits per heavy atom. The SMILES string of the molecule is [B]c1ccc2c(c1)C(c1ccc(C(C)(C)C)cc1)(c1ccc(C(C)(C)C)cc1)c1cc3c(cc1-2)C(CCCCCCCC)(CCCCCCCC)c1cc(C=C)ccc1-3. The molecule has 0 aliphatic heterocycles. The lowest BCUT2D eigenvalue weighted by molar-refractivity contribution is 0.398. The van der Waals surface area contributed by atoms with E-state index in [4.69, 9.17) is 7.85 Å². The van der Waals surface area contributed by atoms with Gasteiger partial charge in [-0.05, 0) is 108 Å². The van der Waals surface area contributed by atoms with Crippen molar-refractivity contribution in [3.05, 3.63) is 154 Å². The van der Waals surface area contributed by atoms with E-state index < -0.39 is 5.41 Å². The minimum Gasteiger partial charge on any atom is -0.0985 e. The van der Waals surface area contributed by atoms with Crippen LogP contribution in [-0.2, 0) is 21.7 Å². The lowest BCUT2D eigenvalue weighted by atomic mass is 9.65. The summed E-state index contributed by atoms with van der Waals surface area (Å²) in [6.07, 6.45) is 20.1. The van der Waals surface area contributed by atoms with E-state index >= 15 is 0 Å². The molecular weight excluding hydrogens is 707 g/mol. The third kappa shape index (κ3) is 8.10. The summed E-state index contributed by atoms with van der Waals surface area (Å²) >= 11 is 0. The first-order chi connectivity index (χ1) is 28.3. The minimum atomic E-state index is -0.535. The summed E-state index contributed by atoms with van der Waals surface area (Å²) in [5.74, 6) is 0. The molecule has 0 bridgehead atoms. The lowest BCUT2D eigenvalue weighted by Crippen LogP contribution is -2.30. The van der Waals surface area contributed by atoms with Crippen molar-refractivity contribution in [2.24, 2.45) is 0 Å². The molecule has 5 aromatic carbocycles.